The molecule has 0 saturated heterocycles. The number of rotatable bonds is 6. The molecular formula is C20H13BrN4O2S2. The van der Waals surface area contributed by atoms with Crippen molar-refractivity contribution in [3.8, 4) is 11.6 Å². The summed E-state index contributed by atoms with van der Waals surface area (Å²) < 4.78 is 7.42. The lowest BCUT2D eigenvalue weighted by molar-refractivity contribution is 0.102. The van der Waals surface area contributed by atoms with Gasteiger partial charge in [-0.3, -0.25) is 4.79 Å². The molecule has 0 aliphatic carbocycles. The minimum Gasteiger partial charge on any atom is -0.439 e. The van der Waals surface area contributed by atoms with Crippen molar-refractivity contribution in [3.05, 3.63) is 82.4 Å². The molecule has 144 valence electrons. The van der Waals surface area contributed by atoms with Crippen LogP contribution in [0.25, 0.3) is 0 Å². The van der Waals surface area contributed by atoms with E-state index in [-0.39, 0.29) is 5.91 Å². The molecule has 4 rings (SSSR count). The van der Waals surface area contributed by atoms with E-state index in [4.69, 9.17) is 4.74 Å². The molecule has 0 saturated carbocycles. The molecule has 0 aliphatic heterocycles. The molecule has 1 amide bonds. The molecule has 6 nitrogen and oxygen atoms in total. The van der Waals surface area contributed by atoms with E-state index in [0.29, 0.717) is 22.9 Å². The van der Waals surface area contributed by atoms with Gasteiger partial charge in [0.1, 0.15) is 11.3 Å². The van der Waals surface area contributed by atoms with Crippen LogP contribution in [-0.4, -0.2) is 21.1 Å². The van der Waals surface area contributed by atoms with Gasteiger partial charge in [0.25, 0.3) is 5.91 Å². The molecule has 0 bridgehead atoms. The number of carbonyl (C=O) groups is 1. The molecule has 0 atom stereocenters. The maximum atomic E-state index is 12.7. The molecule has 2 aromatic carbocycles. The summed E-state index contributed by atoms with van der Waals surface area (Å²) in [6.07, 6.45) is 1.49. The van der Waals surface area contributed by atoms with Crippen LogP contribution in [-0.2, 0) is 0 Å². The second-order valence-corrected chi connectivity index (χ2v) is 8.74. The monoisotopic (exact) mass is 484 g/mol. The Morgan fingerprint density at radius 2 is 2.00 bits per heavy atom. The van der Waals surface area contributed by atoms with E-state index in [0.717, 1.165) is 13.7 Å². The number of hydrogen-bond donors (Lipinski definition) is 1. The van der Waals surface area contributed by atoms with Crippen molar-refractivity contribution in [3.63, 3.8) is 0 Å². The van der Waals surface area contributed by atoms with E-state index < -0.39 is 0 Å². The smallest absolute Gasteiger partial charge is 0.257 e. The van der Waals surface area contributed by atoms with Crippen LogP contribution < -0.4 is 10.1 Å². The molecule has 4 aromatic rings. The third kappa shape index (κ3) is 5.20. The van der Waals surface area contributed by atoms with Crippen LogP contribution in [0.1, 0.15) is 10.4 Å². The zero-order valence-corrected chi connectivity index (χ0v) is 18.0. The quantitative estimate of drug-likeness (QED) is 0.367. The molecule has 1 N–H and O–H groups in total. The van der Waals surface area contributed by atoms with Crippen molar-refractivity contribution in [1.82, 2.24) is 15.2 Å². The van der Waals surface area contributed by atoms with Crippen LogP contribution in [0, 0.1) is 0 Å². The van der Waals surface area contributed by atoms with Crippen LogP contribution in [0.15, 0.2) is 86.1 Å². The van der Waals surface area contributed by atoms with Crippen molar-refractivity contribution >= 4 is 50.6 Å². The van der Waals surface area contributed by atoms with E-state index in [1.54, 1.807) is 17.6 Å². The first-order valence-electron chi connectivity index (χ1n) is 8.41. The Kier molecular flexibility index (Phi) is 6.18. The van der Waals surface area contributed by atoms with E-state index in [1.165, 1.54) is 29.3 Å². The summed E-state index contributed by atoms with van der Waals surface area (Å²) in [6.45, 7) is 0. The Morgan fingerprint density at radius 1 is 1.10 bits per heavy atom. The van der Waals surface area contributed by atoms with Gasteiger partial charge in [-0.15, -0.1) is 10.2 Å². The largest absolute Gasteiger partial charge is 0.439 e. The van der Waals surface area contributed by atoms with Gasteiger partial charge in [0.15, 0.2) is 4.34 Å². The first-order valence-corrected chi connectivity index (χ1v) is 10.9. The summed E-state index contributed by atoms with van der Waals surface area (Å²) in [5.74, 6) is 0.815. The molecular weight excluding hydrogens is 472 g/mol. The number of nitrogens with one attached hydrogen (secondary N) is 1. The van der Waals surface area contributed by atoms with E-state index >= 15 is 0 Å². The standard InChI is InChI=1S/C20H13BrN4O2S2/c21-14-4-3-5-15(10-14)27-18-9-8-13(11-22-18)19(26)24-16-6-1-2-7-17(16)29-20-25-23-12-28-20/h1-12H,(H,24,26). The topological polar surface area (TPSA) is 77.0 Å². The van der Waals surface area contributed by atoms with E-state index in [2.05, 4.69) is 36.4 Å². The molecule has 0 spiro atoms. The number of pyridine rings is 1. The van der Waals surface area contributed by atoms with Gasteiger partial charge in [-0.25, -0.2) is 4.98 Å². The number of nitrogens with zero attached hydrogens (tertiary/aromatic N) is 3. The highest BCUT2D eigenvalue weighted by molar-refractivity contribution is 9.10. The van der Waals surface area contributed by atoms with Gasteiger partial charge in [-0.05, 0) is 36.4 Å². The van der Waals surface area contributed by atoms with Crippen molar-refractivity contribution in [2.45, 2.75) is 9.24 Å². The summed E-state index contributed by atoms with van der Waals surface area (Å²) in [5, 5.41) is 10.8. The van der Waals surface area contributed by atoms with Crippen molar-refractivity contribution in [2.75, 3.05) is 5.32 Å². The number of para-hydroxylation sites is 1. The number of hydrogen-bond acceptors (Lipinski definition) is 7. The summed E-state index contributed by atoms with van der Waals surface area (Å²) in [4.78, 5) is 17.8. The van der Waals surface area contributed by atoms with Crippen LogP contribution in [0.5, 0.6) is 11.6 Å². The molecule has 2 aromatic heterocycles. The van der Waals surface area contributed by atoms with Crippen molar-refractivity contribution in [2.24, 2.45) is 0 Å². The first kappa shape index (κ1) is 19.6. The number of benzene rings is 2. The fourth-order valence-electron chi connectivity index (χ4n) is 2.38. The molecule has 0 unspecified atom stereocenters. The maximum absolute atomic E-state index is 12.7. The summed E-state index contributed by atoms with van der Waals surface area (Å²) in [6, 6.07) is 18.4. The zero-order valence-electron chi connectivity index (χ0n) is 14.8. The Labute approximate surface area is 183 Å². The van der Waals surface area contributed by atoms with Crippen LogP contribution >= 0.6 is 39.0 Å². The molecule has 0 radical (unpaired) electrons. The second kappa shape index (κ2) is 9.17. The summed E-state index contributed by atoms with van der Waals surface area (Å²) in [7, 11) is 0. The number of aromatic nitrogens is 3. The molecule has 0 aliphatic rings. The number of halogens is 1. The summed E-state index contributed by atoms with van der Waals surface area (Å²) >= 11 is 6.30. The zero-order chi connectivity index (χ0) is 20.1. The van der Waals surface area contributed by atoms with E-state index in [1.807, 2.05) is 48.5 Å². The molecule has 29 heavy (non-hydrogen) atoms. The number of ether oxygens (including phenoxy) is 1. The van der Waals surface area contributed by atoms with Gasteiger partial charge in [-0.2, -0.15) is 0 Å². The Hall–Kier alpha value is -2.75. The molecule has 2 heterocycles. The fourth-order valence-corrected chi connectivity index (χ4v) is 4.28. The molecule has 0 fully saturated rings. The Bertz CT molecular complexity index is 1120. The average Bonchev–Trinajstić information content (AvgIpc) is 3.23. The first-order chi connectivity index (χ1) is 14.2. The average molecular weight is 485 g/mol. The van der Waals surface area contributed by atoms with Gasteiger partial charge in [-0.1, -0.05) is 57.2 Å². The van der Waals surface area contributed by atoms with Gasteiger partial charge < -0.3 is 10.1 Å². The van der Waals surface area contributed by atoms with E-state index in [9.17, 15) is 4.79 Å². The molecule has 9 heteroatoms. The van der Waals surface area contributed by atoms with Gasteiger partial charge in [0.05, 0.1) is 11.3 Å². The van der Waals surface area contributed by atoms with Crippen LogP contribution in [0.4, 0.5) is 5.69 Å². The van der Waals surface area contributed by atoms with Crippen molar-refractivity contribution in [1.29, 1.82) is 0 Å². The number of anilines is 1. The third-order valence-corrected chi connectivity index (χ3v) is 6.04. The van der Waals surface area contributed by atoms with Gasteiger partial charge >= 0.3 is 0 Å². The lowest BCUT2D eigenvalue weighted by Crippen LogP contribution is -2.12. The minimum atomic E-state index is -0.253. The van der Waals surface area contributed by atoms with Crippen LogP contribution in [0.3, 0.4) is 0 Å². The highest BCUT2D eigenvalue weighted by Crippen LogP contribution is 2.34. The number of carbonyl (C=O) groups excluding carboxylic acids is 1. The Balaban J connectivity index is 1.45. The van der Waals surface area contributed by atoms with Crippen molar-refractivity contribution < 1.29 is 9.53 Å². The highest BCUT2D eigenvalue weighted by atomic mass is 79.9. The predicted molar refractivity (Wildman–Crippen MR) is 117 cm³/mol. The second-order valence-electron chi connectivity index (χ2n) is 5.70. The van der Waals surface area contributed by atoms with Gasteiger partial charge in [0.2, 0.25) is 5.88 Å². The third-order valence-electron chi connectivity index (χ3n) is 3.69. The van der Waals surface area contributed by atoms with Gasteiger partial charge in [0, 0.05) is 21.6 Å². The minimum absolute atomic E-state index is 0.253. The normalized spacial score (nSPS) is 10.5. The number of amides is 1. The maximum Gasteiger partial charge on any atom is 0.257 e. The predicted octanol–water partition coefficient (Wildman–Crippen LogP) is 5.89. The fraction of sp³-hybridized carbons (Fsp3) is 0. The highest BCUT2D eigenvalue weighted by Gasteiger charge is 2.12. The van der Waals surface area contributed by atoms with Crippen LogP contribution in [0.2, 0.25) is 0 Å². The SMILES string of the molecule is O=C(Nc1ccccc1Sc1nncs1)c1ccc(Oc2cccc(Br)c2)nc1. The lowest BCUT2D eigenvalue weighted by atomic mass is 10.2. The summed E-state index contributed by atoms with van der Waals surface area (Å²) in [5.41, 5.74) is 2.81. The Morgan fingerprint density at radius 3 is 2.76 bits per heavy atom. The lowest BCUT2D eigenvalue weighted by Gasteiger charge is -2.10.